The largest absolute Gasteiger partial charge is 0.486 e. The van der Waals surface area contributed by atoms with E-state index in [9.17, 15) is 4.79 Å². The molecule has 1 aromatic rings. The molecular weight excluding hydrogens is 290 g/mol. The lowest BCUT2D eigenvalue weighted by Crippen LogP contribution is -2.45. The van der Waals surface area contributed by atoms with Gasteiger partial charge in [0.25, 0.3) is 0 Å². The Morgan fingerprint density at radius 2 is 1.90 bits per heavy atom. The van der Waals surface area contributed by atoms with E-state index in [4.69, 9.17) is 26.8 Å². The van der Waals surface area contributed by atoms with Gasteiger partial charge < -0.3 is 15.2 Å². The van der Waals surface area contributed by atoms with Gasteiger partial charge in [-0.3, -0.25) is 4.79 Å². The predicted octanol–water partition coefficient (Wildman–Crippen LogP) is 3.41. The molecular formula is C16H24ClNO3. The zero-order valence-electron chi connectivity index (χ0n) is 13.2. The standard InChI is InChI=1S/C16H24ClNO3/c1-10(18)15(19)20-11(2)14(16(3,4)5)21-13-8-6-7-12(17)9-13/h6-11,14H,18H2,1-5H3/t10-,11-,14-/m0/s1. The van der Waals surface area contributed by atoms with E-state index in [1.165, 1.54) is 0 Å². The van der Waals surface area contributed by atoms with Crippen molar-refractivity contribution in [2.45, 2.75) is 52.9 Å². The van der Waals surface area contributed by atoms with Crippen molar-refractivity contribution in [3.8, 4) is 5.75 Å². The summed E-state index contributed by atoms with van der Waals surface area (Å²) >= 11 is 5.97. The number of carbonyl (C=O) groups excluding carboxylic acids is 1. The van der Waals surface area contributed by atoms with Crippen LogP contribution in [0.3, 0.4) is 0 Å². The highest BCUT2D eigenvalue weighted by atomic mass is 35.5. The summed E-state index contributed by atoms with van der Waals surface area (Å²) in [6.45, 7) is 9.48. The van der Waals surface area contributed by atoms with Gasteiger partial charge in [0, 0.05) is 10.4 Å². The van der Waals surface area contributed by atoms with Crippen molar-refractivity contribution >= 4 is 17.6 Å². The van der Waals surface area contributed by atoms with Crippen molar-refractivity contribution in [1.29, 1.82) is 0 Å². The lowest BCUT2D eigenvalue weighted by atomic mass is 9.86. The quantitative estimate of drug-likeness (QED) is 0.846. The summed E-state index contributed by atoms with van der Waals surface area (Å²) in [4.78, 5) is 11.7. The number of rotatable bonds is 5. The smallest absolute Gasteiger partial charge is 0.323 e. The second-order valence-electron chi connectivity index (χ2n) is 6.29. The fourth-order valence-corrected chi connectivity index (χ4v) is 2.20. The molecule has 4 nitrogen and oxygen atoms in total. The van der Waals surface area contributed by atoms with Gasteiger partial charge in [0.1, 0.15) is 24.0 Å². The Labute approximate surface area is 131 Å². The first-order valence-corrected chi connectivity index (χ1v) is 7.37. The highest BCUT2D eigenvalue weighted by molar-refractivity contribution is 6.30. The molecule has 2 N–H and O–H groups in total. The van der Waals surface area contributed by atoms with Crippen LogP contribution in [-0.4, -0.2) is 24.2 Å². The second-order valence-corrected chi connectivity index (χ2v) is 6.73. The Morgan fingerprint density at radius 3 is 2.38 bits per heavy atom. The number of esters is 1. The van der Waals surface area contributed by atoms with Crippen LogP contribution in [0.15, 0.2) is 24.3 Å². The van der Waals surface area contributed by atoms with Gasteiger partial charge in [0.2, 0.25) is 0 Å². The molecule has 0 bridgehead atoms. The van der Waals surface area contributed by atoms with Crippen molar-refractivity contribution in [3.63, 3.8) is 0 Å². The Hall–Kier alpha value is -1.26. The third-order valence-electron chi connectivity index (χ3n) is 3.01. The molecule has 1 rings (SSSR count). The minimum atomic E-state index is -0.653. The summed E-state index contributed by atoms with van der Waals surface area (Å²) in [5.74, 6) is 0.206. The normalized spacial score (nSPS) is 16.0. The van der Waals surface area contributed by atoms with E-state index in [0.717, 1.165) is 0 Å². The van der Waals surface area contributed by atoms with Gasteiger partial charge in [-0.2, -0.15) is 0 Å². The van der Waals surface area contributed by atoms with E-state index in [1.807, 2.05) is 32.9 Å². The molecule has 0 aliphatic heterocycles. The second kappa shape index (κ2) is 7.14. The zero-order valence-corrected chi connectivity index (χ0v) is 14.0. The van der Waals surface area contributed by atoms with E-state index in [1.54, 1.807) is 26.0 Å². The monoisotopic (exact) mass is 313 g/mol. The number of hydrogen-bond acceptors (Lipinski definition) is 4. The van der Waals surface area contributed by atoms with Gasteiger partial charge in [-0.25, -0.2) is 0 Å². The first-order valence-electron chi connectivity index (χ1n) is 6.99. The lowest BCUT2D eigenvalue weighted by molar-refractivity contribution is -0.157. The predicted molar refractivity (Wildman–Crippen MR) is 84.5 cm³/mol. The van der Waals surface area contributed by atoms with Gasteiger partial charge in [-0.15, -0.1) is 0 Å². The van der Waals surface area contributed by atoms with Crippen LogP contribution in [0.5, 0.6) is 5.75 Å². The molecule has 5 heteroatoms. The van der Waals surface area contributed by atoms with Gasteiger partial charge >= 0.3 is 5.97 Å². The summed E-state index contributed by atoms with van der Waals surface area (Å²) < 4.78 is 11.4. The van der Waals surface area contributed by atoms with E-state index >= 15 is 0 Å². The van der Waals surface area contributed by atoms with Crippen molar-refractivity contribution < 1.29 is 14.3 Å². The average molecular weight is 314 g/mol. The fraction of sp³-hybridized carbons (Fsp3) is 0.562. The van der Waals surface area contributed by atoms with Crippen molar-refractivity contribution in [2.75, 3.05) is 0 Å². The third-order valence-corrected chi connectivity index (χ3v) is 3.25. The van der Waals surface area contributed by atoms with Crippen LogP contribution in [0, 0.1) is 5.41 Å². The highest BCUT2D eigenvalue weighted by Gasteiger charge is 2.34. The number of ether oxygens (including phenoxy) is 2. The fourth-order valence-electron chi connectivity index (χ4n) is 2.02. The molecule has 0 aromatic heterocycles. The molecule has 0 heterocycles. The maximum absolute atomic E-state index is 11.7. The van der Waals surface area contributed by atoms with Gasteiger partial charge in [0.15, 0.2) is 0 Å². The van der Waals surface area contributed by atoms with Crippen LogP contribution in [0.25, 0.3) is 0 Å². The molecule has 0 spiro atoms. The molecule has 1 aromatic carbocycles. The van der Waals surface area contributed by atoms with E-state index in [2.05, 4.69) is 0 Å². The number of nitrogens with two attached hydrogens (primary N) is 1. The van der Waals surface area contributed by atoms with E-state index in [0.29, 0.717) is 10.8 Å². The summed E-state index contributed by atoms with van der Waals surface area (Å²) in [5.41, 5.74) is 5.31. The Balaban J connectivity index is 2.88. The molecule has 3 atom stereocenters. The minimum absolute atomic E-state index is 0.222. The molecule has 0 saturated carbocycles. The summed E-state index contributed by atoms with van der Waals surface area (Å²) in [5, 5.41) is 0.598. The number of halogens is 1. The van der Waals surface area contributed by atoms with E-state index < -0.39 is 18.1 Å². The van der Waals surface area contributed by atoms with Gasteiger partial charge in [0.05, 0.1) is 0 Å². The lowest BCUT2D eigenvalue weighted by Gasteiger charge is -2.35. The van der Waals surface area contributed by atoms with Gasteiger partial charge in [-0.1, -0.05) is 38.4 Å². The summed E-state index contributed by atoms with van der Waals surface area (Å²) in [6.07, 6.45) is -0.749. The summed E-state index contributed by atoms with van der Waals surface area (Å²) in [7, 11) is 0. The van der Waals surface area contributed by atoms with Crippen molar-refractivity contribution in [2.24, 2.45) is 11.1 Å². The molecule has 0 fully saturated rings. The van der Waals surface area contributed by atoms with Crippen LogP contribution < -0.4 is 10.5 Å². The number of carbonyl (C=O) groups is 1. The molecule has 0 aliphatic rings. The molecule has 0 unspecified atom stereocenters. The Bertz CT molecular complexity index is 483. The Kier molecular flexibility index (Phi) is 6.05. The van der Waals surface area contributed by atoms with E-state index in [-0.39, 0.29) is 11.5 Å². The highest BCUT2D eigenvalue weighted by Crippen LogP contribution is 2.29. The van der Waals surface area contributed by atoms with Crippen LogP contribution in [0.4, 0.5) is 0 Å². The number of hydrogen-bond donors (Lipinski definition) is 1. The summed E-state index contributed by atoms with van der Waals surface area (Å²) in [6, 6.07) is 6.50. The first kappa shape index (κ1) is 17.8. The topological polar surface area (TPSA) is 61.6 Å². The molecule has 0 radical (unpaired) electrons. The van der Waals surface area contributed by atoms with Crippen LogP contribution in [0.1, 0.15) is 34.6 Å². The van der Waals surface area contributed by atoms with Crippen molar-refractivity contribution in [1.82, 2.24) is 0 Å². The average Bonchev–Trinajstić information content (AvgIpc) is 2.34. The molecule has 118 valence electrons. The maximum Gasteiger partial charge on any atom is 0.323 e. The van der Waals surface area contributed by atoms with Crippen LogP contribution in [-0.2, 0) is 9.53 Å². The van der Waals surface area contributed by atoms with Crippen molar-refractivity contribution in [3.05, 3.63) is 29.3 Å². The minimum Gasteiger partial charge on any atom is -0.486 e. The number of benzene rings is 1. The third kappa shape index (κ3) is 5.56. The molecule has 0 aliphatic carbocycles. The van der Waals surface area contributed by atoms with Crippen LogP contribution in [0.2, 0.25) is 5.02 Å². The first-order chi connectivity index (χ1) is 9.61. The molecule has 0 saturated heterocycles. The zero-order chi connectivity index (χ0) is 16.2. The Morgan fingerprint density at radius 1 is 1.29 bits per heavy atom. The molecule has 0 amide bonds. The molecule has 21 heavy (non-hydrogen) atoms. The maximum atomic E-state index is 11.7. The SMILES string of the molecule is C[C@H](N)C(=O)O[C@@H](C)[C@H](Oc1cccc(Cl)c1)C(C)(C)C. The van der Waals surface area contributed by atoms with Crippen LogP contribution >= 0.6 is 11.6 Å². The van der Waals surface area contributed by atoms with Gasteiger partial charge in [-0.05, 0) is 32.0 Å².